The molecule has 1 aromatic heterocycles. The molecule has 6 heteroatoms. The summed E-state index contributed by atoms with van der Waals surface area (Å²) in [6.45, 7) is 1.43. The van der Waals surface area contributed by atoms with E-state index < -0.39 is 0 Å². The van der Waals surface area contributed by atoms with Crippen molar-refractivity contribution in [2.45, 2.75) is 32.1 Å². The van der Waals surface area contributed by atoms with Gasteiger partial charge in [0.1, 0.15) is 0 Å². The Balaban J connectivity index is 2.01. The van der Waals surface area contributed by atoms with Gasteiger partial charge >= 0.3 is 0 Å². The SMILES string of the molecule is CNCCN(C)C(=O)c1nn(-c2ccc(Cl)cc2)c2c1CCCCC2. The van der Waals surface area contributed by atoms with Crippen LogP contribution < -0.4 is 5.32 Å². The first-order chi connectivity index (χ1) is 12.1. The molecule has 1 amide bonds. The fraction of sp³-hybridized carbons (Fsp3) is 0.474. The average Bonchev–Trinajstić information content (AvgIpc) is 2.81. The van der Waals surface area contributed by atoms with E-state index in [4.69, 9.17) is 16.7 Å². The Hall–Kier alpha value is -1.85. The standard InChI is InChI=1S/C19H25ClN4O/c1-21-12-13-23(2)19(25)18-16-6-4-3-5-7-17(16)24(22-18)15-10-8-14(20)9-11-15/h8-11,21H,3-7,12-13H2,1-2H3. The van der Waals surface area contributed by atoms with Gasteiger partial charge in [0.15, 0.2) is 5.69 Å². The highest BCUT2D eigenvalue weighted by atomic mass is 35.5. The second-order valence-electron chi connectivity index (χ2n) is 6.55. The molecule has 1 aromatic carbocycles. The van der Waals surface area contributed by atoms with Crippen molar-refractivity contribution in [1.29, 1.82) is 0 Å². The molecule has 0 radical (unpaired) electrons. The summed E-state index contributed by atoms with van der Waals surface area (Å²) in [5.41, 5.74) is 3.85. The lowest BCUT2D eigenvalue weighted by atomic mass is 10.1. The van der Waals surface area contributed by atoms with Gasteiger partial charge in [-0.15, -0.1) is 0 Å². The van der Waals surface area contributed by atoms with Crippen molar-refractivity contribution in [3.63, 3.8) is 0 Å². The molecule has 0 atom stereocenters. The molecule has 134 valence electrons. The van der Waals surface area contributed by atoms with E-state index in [9.17, 15) is 4.79 Å². The van der Waals surface area contributed by atoms with Crippen LogP contribution in [0.4, 0.5) is 0 Å². The minimum atomic E-state index is 0.00103. The number of amides is 1. The summed E-state index contributed by atoms with van der Waals surface area (Å²) >= 11 is 6.02. The monoisotopic (exact) mass is 360 g/mol. The van der Waals surface area contributed by atoms with E-state index in [1.54, 1.807) is 4.90 Å². The molecule has 1 aliphatic carbocycles. The van der Waals surface area contributed by atoms with Gasteiger partial charge < -0.3 is 10.2 Å². The maximum absolute atomic E-state index is 12.9. The van der Waals surface area contributed by atoms with Crippen LogP contribution in [0.5, 0.6) is 0 Å². The van der Waals surface area contributed by atoms with Gasteiger partial charge in [0.05, 0.1) is 5.69 Å². The van der Waals surface area contributed by atoms with Crippen LogP contribution in [0, 0.1) is 0 Å². The Morgan fingerprint density at radius 2 is 1.96 bits per heavy atom. The summed E-state index contributed by atoms with van der Waals surface area (Å²) < 4.78 is 1.94. The molecule has 2 aromatic rings. The molecule has 1 heterocycles. The molecule has 5 nitrogen and oxygen atoms in total. The Labute approximate surface area is 154 Å². The minimum absolute atomic E-state index is 0.00103. The number of nitrogens with one attached hydrogen (secondary N) is 1. The number of carbonyl (C=O) groups is 1. The van der Waals surface area contributed by atoms with Crippen LogP contribution in [0.3, 0.4) is 0 Å². The maximum atomic E-state index is 12.9. The van der Waals surface area contributed by atoms with E-state index in [0.29, 0.717) is 17.3 Å². The fourth-order valence-corrected chi connectivity index (χ4v) is 3.43. The van der Waals surface area contributed by atoms with Crippen molar-refractivity contribution in [2.75, 3.05) is 27.2 Å². The van der Waals surface area contributed by atoms with Crippen molar-refractivity contribution < 1.29 is 4.79 Å². The van der Waals surface area contributed by atoms with Crippen LogP contribution >= 0.6 is 11.6 Å². The summed E-state index contributed by atoms with van der Waals surface area (Å²) in [6.07, 6.45) is 5.32. The smallest absolute Gasteiger partial charge is 0.274 e. The normalized spacial score (nSPS) is 14.0. The van der Waals surface area contributed by atoms with Crippen LogP contribution in [0.2, 0.25) is 5.02 Å². The van der Waals surface area contributed by atoms with Crippen LogP contribution in [0.1, 0.15) is 41.0 Å². The number of carbonyl (C=O) groups excluding carboxylic acids is 1. The topological polar surface area (TPSA) is 50.2 Å². The van der Waals surface area contributed by atoms with Crippen molar-refractivity contribution in [2.24, 2.45) is 0 Å². The minimum Gasteiger partial charge on any atom is -0.339 e. The summed E-state index contributed by atoms with van der Waals surface area (Å²) in [4.78, 5) is 14.7. The Morgan fingerprint density at radius 1 is 1.24 bits per heavy atom. The van der Waals surface area contributed by atoms with Gasteiger partial charge in [-0.2, -0.15) is 5.10 Å². The zero-order valence-electron chi connectivity index (χ0n) is 14.9. The fourth-order valence-electron chi connectivity index (χ4n) is 3.31. The molecule has 0 saturated carbocycles. The van der Waals surface area contributed by atoms with Crippen LogP contribution in [-0.4, -0.2) is 47.8 Å². The number of hydrogen-bond donors (Lipinski definition) is 1. The number of nitrogens with zero attached hydrogens (tertiary/aromatic N) is 3. The van der Waals surface area contributed by atoms with Crippen molar-refractivity contribution in [1.82, 2.24) is 20.0 Å². The molecule has 1 N–H and O–H groups in total. The second kappa shape index (κ2) is 8.02. The van der Waals surface area contributed by atoms with Gasteiger partial charge in [-0.05, 0) is 57.0 Å². The third-order valence-electron chi connectivity index (χ3n) is 4.75. The quantitative estimate of drug-likeness (QED) is 0.833. The Morgan fingerprint density at radius 3 is 2.68 bits per heavy atom. The number of rotatable bonds is 5. The molecule has 0 aliphatic heterocycles. The van der Waals surface area contributed by atoms with Gasteiger partial charge in [0.25, 0.3) is 5.91 Å². The van der Waals surface area contributed by atoms with Crippen LogP contribution in [-0.2, 0) is 12.8 Å². The van der Waals surface area contributed by atoms with E-state index in [-0.39, 0.29) is 5.91 Å². The molecule has 0 spiro atoms. The van der Waals surface area contributed by atoms with E-state index in [1.165, 1.54) is 12.1 Å². The number of halogens is 1. The van der Waals surface area contributed by atoms with Gasteiger partial charge in [-0.3, -0.25) is 4.79 Å². The zero-order chi connectivity index (χ0) is 17.8. The second-order valence-corrected chi connectivity index (χ2v) is 6.99. The van der Waals surface area contributed by atoms with E-state index in [0.717, 1.165) is 43.5 Å². The molecular formula is C19H25ClN4O. The van der Waals surface area contributed by atoms with Gasteiger partial charge in [0.2, 0.25) is 0 Å². The van der Waals surface area contributed by atoms with Crippen molar-refractivity contribution in [3.8, 4) is 5.69 Å². The Kier molecular flexibility index (Phi) is 5.76. The number of hydrogen-bond acceptors (Lipinski definition) is 3. The number of benzene rings is 1. The van der Waals surface area contributed by atoms with Gasteiger partial charge in [-0.1, -0.05) is 18.0 Å². The molecule has 0 bridgehead atoms. The summed E-state index contributed by atoms with van der Waals surface area (Å²) in [5.74, 6) is 0.00103. The first-order valence-corrected chi connectivity index (χ1v) is 9.26. The molecule has 1 aliphatic rings. The number of aromatic nitrogens is 2. The van der Waals surface area contributed by atoms with E-state index in [1.807, 2.05) is 43.0 Å². The molecule has 3 rings (SSSR count). The lowest BCUT2D eigenvalue weighted by Gasteiger charge is -2.16. The lowest BCUT2D eigenvalue weighted by molar-refractivity contribution is 0.0789. The maximum Gasteiger partial charge on any atom is 0.274 e. The molecule has 0 fully saturated rings. The number of fused-ring (bicyclic) bond motifs is 1. The van der Waals surface area contributed by atoms with E-state index >= 15 is 0 Å². The predicted octanol–water partition coefficient (Wildman–Crippen LogP) is 3.09. The Bertz CT molecular complexity index is 739. The highest BCUT2D eigenvalue weighted by Crippen LogP contribution is 2.27. The summed E-state index contributed by atoms with van der Waals surface area (Å²) in [5, 5.41) is 8.51. The first-order valence-electron chi connectivity index (χ1n) is 8.88. The van der Waals surface area contributed by atoms with Crippen LogP contribution in [0.15, 0.2) is 24.3 Å². The summed E-state index contributed by atoms with van der Waals surface area (Å²) in [6, 6.07) is 7.64. The molecule has 25 heavy (non-hydrogen) atoms. The highest BCUT2D eigenvalue weighted by Gasteiger charge is 2.26. The molecular weight excluding hydrogens is 336 g/mol. The summed E-state index contributed by atoms with van der Waals surface area (Å²) in [7, 11) is 3.73. The third-order valence-corrected chi connectivity index (χ3v) is 5.00. The van der Waals surface area contributed by atoms with Gasteiger partial charge in [-0.25, -0.2) is 4.68 Å². The predicted molar refractivity (Wildman–Crippen MR) is 101 cm³/mol. The molecule has 0 unspecified atom stereocenters. The van der Waals surface area contributed by atoms with Crippen LogP contribution in [0.25, 0.3) is 5.69 Å². The third kappa shape index (κ3) is 3.88. The van der Waals surface area contributed by atoms with Crippen molar-refractivity contribution >= 4 is 17.5 Å². The molecule has 0 saturated heterocycles. The highest BCUT2D eigenvalue weighted by molar-refractivity contribution is 6.30. The first kappa shape index (κ1) is 18.0. The lowest BCUT2D eigenvalue weighted by Crippen LogP contribution is -2.33. The van der Waals surface area contributed by atoms with E-state index in [2.05, 4.69) is 5.32 Å². The zero-order valence-corrected chi connectivity index (χ0v) is 15.6. The van der Waals surface area contributed by atoms with Crippen molar-refractivity contribution in [3.05, 3.63) is 46.2 Å². The van der Waals surface area contributed by atoms with Gasteiger partial charge in [0, 0.05) is 36.4 Å². The average molecular weight is 361 g/mol. The number of likely N-dealkylation sites (N-methyl/N-ethyl adjacent to an activating group) is 2. The largest absolute Gasteiger partial charge is 0.339 e.